The largest absolute Gasteiger partial charge is 0.328 e. The van der Waals surface area contributed by atoms with E-state index in [9.17, 15) is 9.59 Å². The predicted molar refractivity (Wildman–Crippen MR) is 123 cm³/mol. The molecule has 4 nitrogen and oxygen atoms in total. The monoisotopic (exact) mass is 406 g/mol. The molecule has 0 aromatic carbocycles. The number of nitrogens with one attached hydrogen (secondary N) is 1. The summed E-state index contributed by atoms with van der Waals surface area (Å²) in [4.78, 5) is 25.5. The lowest BCUT2D eigenvalue weighted by Gasteiger charge is -2.11. The summed E-state index contributed by atoms with van der Waals surface area (Å²) >= 11 is 0. The van der Waals surface area contributed by atoms with Gasteiger partial charge in [0.25, 0.3) is 5.91 Å². The summed E-state index contributed by atoms with van der Waals surface area (Å²) in [7, 11) is 0. The first-order chi connectivity index (χ1) is 14.1. The highest BCUT2D eigenvalue weighted by Gasteiger charge is 2.32. The van der Waals surface area contributed by atoms with Gasteiger partial charge in [-0.3, -0.25) is 9.69 Å². The normalized spacial score (nSPS) is 15.7. The van der Waals surface area contributed by atoms with Crippen molar-refractivity contribution in [3.05, 3.63) is 11.8 Å². The molecule has 3 amide bonds. The Bertz CT molecular complexity index is 485. The van der Waals surface area contributed by atoms with Gasteiger partial charge in [-0.15, -0.1) is 0 Å². The maximum absolute atomic E-state index is 12.2. The topological polar surface area (TPSA) is 49.4 Å². The van der Waals surface area contributed by atoms with Crippen LogP contribution in [0.2, 0.25) is 0 Å². The van der Waals surface area contributed by atoms with Crippen LogP contribution in [0.1, 0.15) is 124 Å². The summed E-state index contributed by atoms with van der Waals surface area (Å²) in [5.41, 5.74) is 0.446. The van der Waals surface area contributed by atoms with Gasteiger partial charge in [0.05, 0.1) is 0 Å². The second kappa shape index (κ2) is 16.5. The Morgan fingerprint density at radius 2 is 1.14 bits per heavy atom. The fourth-order valence-electron chi connectivity index (χ4n) is 3.94. The van der Waals surface area contributed by atoms with Gasteiger partial charge in [-0.25, -0.2) is 4.79 Å². The number of rotatable bonds is 18. The van der Waals surface area contributed by atoms with E-state index in [1.165, 1.54) is 94.8 Å². The zero-order valence-corrected chi connectivity index (χ0v) is 19.4. The molecular weight excluding hydrogens is 360 g/mol. The maximum atomic E-state index is 12.2. The number of amides is 3. The SMILES string of the molecule is CCCCCCCCCCCCCCCCCCN1C(=O)N/C(=C\C(C)C)C1=O. The van der Waals surface area contributed by atoms with Crippen LogP contribution in [0.3, 0.4) is 0 Å². The molecule has 1 aliphatic heterocycles. The first kappa shape index (κ1) is 25.7. The first-order valence-corrected chi connectivity index (χ1v) is 12.4. The van der Waals surface area contributed by atoms with Crippen LogP contribution in [-0.4, -0.2) is 23.4 Å². The Balaban J connectivity index is 1.89. The fourth-order valence-corrected chi connectivity index (χ4v) is 3.94. The average molecular weight is 407 g/mol. The standard InChI is InChI=1S/C25H46N2O2/c1-4-5-6-7-8-9-10-11-12-13-14-15-16-17-18-19-20-27-24(28)23(21-22(2)3)26-25(27)29/h21-22H,4-20H2,1-3H3,(H,26,29)/b23-21-. The van der Waals surface area contributed by atoms with Crippen LogP contribution in [0.25, 0.3) is 0 Å². The van der Waals surface area contributed by atoms with Gasteiger partial charge in [-0.2, -0.15) is 0 Å². The van der Waals surface area contributed by atoms with Gasteiger partial charge in [-0.05, 0) is 12.3 Å². The average Bonchev–Trinajstić information content (AvgIpc) is 2.94. The molecule has 1 aliphatic rings. The third-order valence-electron chi connectivity index (χ3n) is 5.70. The minimum absolute atomic E-state index is 0.162. The summed E-state index contributed by atoms with van der Waals surface area (Å²) in [6, 6.07) is -0.261. The number of urea groups is 1. The highest BCUT2D eigenvalue weighted by Crippen LogP contribution is 2.16. The Labute approximate surface area is 179 Å². The molecule has 1 saturated heterocycles. The van der Waals surface area contributed by atoms with E-state index >= 15 is 0 Å². The summed E-state index contributed by atoms with van der Waals surface area (Å²) < 4.78 is 0. The van der Waals surface area contributed by atoms with E-state index in [4.69, 9.17) is 0 Å². The van der Waals surface area contributed by atoms with E-state index in [1.807, 2.05) is 19.9 Å². The second-order valence-corrected chi connectivity index (χ2v) is 9.01. The van der Waals surface area contributed by atoms with Crippen molar-refractivity contribution in [1.29, 1.82) is 0 Å². The van der Waals surface area contributed by atoms with Crippen molar-refractivity contribution in [3.8, 4) is 0 Å². The molecule has 1 heterocycles. The Morgan fingerprint density at radius 3 is 1.55 bits per heavy atom. The molecule has 1 N–H and O–H groups in total. The lowest BCUT2D eigenvalue weighted by molar-refractivity contribution is -0.123. The molecule has 1 rings (SSSR count). The van der Waals surface area contributed by atoms with Gasteiger partial charge in [0.15, 0.2) is 0 Å². The lowest BCUT2D eigenvalue weighted by Crippen LogP contribution is -2.31. The minimum Gasteiger partial charge on any atom is -0.303 e. The van der Waals surface area contributed by atoms with Gasteiger partial charge >= 0.3 is 6.03 Å². The Hall–Kier alpha value is -1.32. The van der Waals surface area contributed by atoms with Crippen LogP contribution >= 0.6 is 0 Å². The van der Waals surface area contributed by atoms with Crippen molar-refractivity contribution in [2.75, 3.05) is 6.54 Å². The van der Waals surface area contributed by atoms with Crippen molar-refractivity contribution in [3.63, 3.8) is 0 Å². The van der Waals surface area contributed by atoms with E-state index in [-0.39, 0.29) is 17.9 Å². The summed E-state index contributed by atoms with van der Waals surface area (Å²) in [5.74, 6) is 0.0920. The Kier molecular flexibility index (Phi) is 14.6. The van der Waals surface area contributed by atoms with Gasteiger partial charge in [-0.1, -0.05) is 123 Å². The number of hydrogen-bond donors (Lipinski definition) is 1. The number of nitrogens with zero attached hydrogens (tertiary/aromatic N) is 1. The zero-order chi connectivity index (χ0) is 21.3. The van der Waals surface area contributed by atoms with E-state index in [2.05, 4.69) is 12.2 Å². The van der Waals surface area contributed by atoms with Crippen LogP contribution < -0.4 is 5.32 Å². The quantitative estimate of drug-likeness (QED) is 0.147. The molecule has 0 radical (unpaired) electrons. The summed E-state index contributed by atoms with van der Waals surface area (Å²) in [6.45, 7) is 6.82. The van der Waals surface area contributed by atoms with Crippen molar-refractivity contribution in [2.24, 2.45) is 5.92 Å². The van der Waals surface area contributed by atoms with Crippen molar-refractivity contribution in [2.45, 2.75) is 124 Å². The molecule has 168 valence electrons. The highest BCUT2D eigenvalue weighted by molar-refractivity contribution is 6.11. The van der Waals surface area contributed by atoms with Crippen LogP contribution in [0.4, 0.5) is 4.79 Å². The summed E-state index contributed by atoms with van der Waals surface area (Å²) in [5, 5.41) is 2.69. The number of unbranched alkanes of at least 4 members (excludes halogenated alkanes) is 15. The van der Waals surface area contributed by atoms with Crippen molar-refractivity contribution in [1.82, 2.24) is 10.2 Å². The highest BCUT2D eigenvalue weighted by atomic mass is 16.2. The molecule has 1 fully saturated rings. The van der Waals surface area contributed by atoms with Crippen LogP contribution in [0.15, 0.2) is 11.8 Å². The van der Waals surface area contributed by atoms with Crippen LogP contribution in [-0.2, 0) is 4.79 Å². The van der Waals surface area contributed by atoms with Gasteiger partial charge in [0, 0.05) is 6.54 Å². The third-order valence-corrected chi connectivity index (χ3v) is 5.70. The molecule has 0 aliphatic carbocycles. The Morgan fingerprint density at radius 1 is 0.724 bits per heavy atom. The van der Waals surface area contributed by atoms with E-state index in [0.29, 0.717) is 12.2 Å². The molecule has 29 heavy (non-hydrogen) atoms. The van der Waals surface area contributed by atoms with Crippen molar-refractivity contribution < 1.29 is 9.59 Å². The predicted octanol–water partition coefficient (Wildman–Crippen LogP) is 7.34. The number of allylic oxidation sites excluding steroid dienone is 1. The van der Waals surface area contributed by atoms with E-state index in [0.717, 1.165) is 12.8 Å². The molecule has 0 atom stereocenters. The fraction of sp³-hybridized carbons (Fsp3) is 0.840. The molecular formula is C25H46N2O2. The lowest BCUT2D eigenvalue weighted by atomic mass is 10.0. The molecule has 0 unspecified atom stereocenters. The molecule has 0 bridgehead atoms. The minimum atomic E-state index is -0.261. The van der Waals surface area contributed by atoms with Crippen LogP contribution in [0.5, 0.6) is 0 Å². The molecule has 0 aromatic heterocycles. The summed E-state index contributed by atoms with van der Waals surface area (Å²) in [6.07, 6.45) is 23.0. The van der Waals surface area contributed by atoms with E-state index in [1.54, 1.807) is 0 Å². The van der Waals surface area contributed by atoms with Gasteiger partial charge in [0.2, 0.25) is 0 Å². The number of hydrogen-bond acceptors (Lipinski definition) is 2. The second-order valence-electron chi connectivity index (χ2n) is 9.01. The van der Waals surface area contributed by atoms with Crippen LogP contribution in [0, 0.1) is 5.92 Å². The third kappa shape index (κ3) is 12.1. The van der Waals surface area contributed by atoms with Gasteiger partial charge in [0.1, 0.15) is 5.70 Å². The number of carbonyl (C=O) groups excluding carboxylic acids is 2. The van der Waals surface area contributed by atoms with Crippen molar-refractivity contribution >= 4 is 11.9 Å². The zero-order valence-electron chi connectivity index (χ0n) is 19.4. The maximum Gasteiger partial charge on any atom is 0.328 e. The molecule has 0 saturated carbocycles. The number of imide groups is 1. The molecule has 0 aromatic rings. The van der Waals surface area contributed by atoms with Gasteiger partial charge < -0.3 is 5.32 Å². The first-order valence-electron chi connectivity index (χ1n) is 12.4. The smallest absolute Gasteiger partial charge is 0.303 e. The molecule has 4 heteroatoms. The molecule has 0 spiro atoms. The van der Waals surface area contributed by atoms with E-state index < -0.39 is 0 Å². The number of carbonyl (C=O) groups is 2.